The van der Waals surface area contributed by atoms with Crippen LogP contribution >= 0.6 is 0 Å². The van der Waals surface area contributed by atoms with Crippen molar-refractivity contribution in [2.24, 2.45) is 7.05 Å². The molecule has 4 rings (SSSR count). The van der Waals surface area contributed by atoms with Crippen LogP contribution in [0.25, 0.3) is 11.1 Å². The van der Waals surface area contributed by atoms with Gasteiger partial charge in [-0.25, -0.2) is 19.0 Å². The van der Waals surface area contributed by atoms with Crippen LogP contribution in [0.15, 0.2) is 47.4 Å². The number of anilines is 1. The first-order chi connectivity index (χ1) is 15.3. The lowest BCUT2D eigenvalue weighted by Crippen LogP contribution is -2.40. The van der Waals surface area contributed by atoms with Gasteiger partial charge < -0.3 is 9.80 Å². The maximum Gasteiger partial charge on any atom is 0.274 e. The summed E-state index contributed by atoms with van der Waals surface area (Å²) in [7, 11) is 5.25. The zero-order valence-electron chi connectivity index (χ0n) is 18.3. The fourth-order valence-electron chi connectivity index (χ4n) is 3.95. The van der Waals surface area contributed by atoms with Crippen LogP contribution in [0.1, 0.15) is 34.9 Å². The van der Waals surface area contributed by atoms with Gasteiger partial charge in [-0.3, -0.25) is 9.59 Å². The number of benzene rings is 1. The van der Waals surface area contributed by atoms with Crippen LogP contribution in [0.2, 0.25) is 0 Å². The summed E-state index contributed by atoms with van der Waals surface area (Å²) < 4.78 is 15.1. The third-order valence-electron chi connectivity index (χ3n) is 5.62. The van der Waals surface area contributed by atoms with Crippen molar-refractivity contribution >= 4 is 11.9 Å². The lowest BCUT2D eigenvalue weighted by atomic mass is 9.89. The largest absolute Gasteiger partial charge is 0.347 e. The molecule has 1 aliphatic rings. The van der Waals surface area contributed by atoms with Crippen molar-refractivity contribution in [3.8, 4) is 11.1 Å². The second kappa shape index (κ2) is 8.86. The van der Waals surface area contributed by atoms with E-state index in [1.165, 1.54) is 31.3 Å². The molecular weight excluding hydrogens is 411 g/mol. The van der Waals surface area contributed by atoms with E-state index in [9.17, 15) is 14.0 Å². The first-order valence-corrected chi connectivity index (χ1v) is 10.5. The number of aromatic nitrogens is 4. The molecule has 0 spiro atoms. The van der Waals surface area contributed by atoms with Crippen LogP contribution in [0.4, 0.5) is 10.3 Å². The van der Waals surface area contributed by atoms with E-state index in [1.54, 1.807) is 17.2 Å². The van der Waals surface area contributed by atoms with Gasteiger partial charge in [0, 0.05) is 58.0 Å². The molecule has 0 radical (unpaired) electrons. The van der Waals surface area contributed by atoms with Crippen molar-refractivity contribution < 1.29 is 9.18 Å². The lowest BCUT2D eigenvalue weighted by molar-refractivity contribution is 0.0697. The molecule has 0 N–H and O–H groups in total. The second-order valence-electron chi connectivity index (χ2n) is 8.14. The third-order valence-corrected chi connectivity index (χ3v) is 5.62. The van der Waals surface area contributed by atoms with E-state index in [0.717, 1.165) is 28.8 Å². The van der Waals surface area contributed by atoms with Crippen LogP contribution in [0.5, 0.6) is 0 Å². The number of carbonyl (C=O) groups excluding carboxylic acids is 1. The number of hydrogen-bond donors (Lipinski definition) is 0. The van der Waals surface area contributed by atoms with Crippen molar-refractivity contribution in [2.75, 3.05) is 32.1 Å². The molecular formula is C23H25FN6O2. The van der Waals surface area contributed by atoms with E-state index < -0.39 is 0 Å². The van der Waals surface area contributed by atoms with Crippen LogP contribution in [0, 0.1) is 5.82 Å². The molecule has 1 amide bonds. The average Bonchev–Trinajstić information content (AvgIpc) is 2.80. The molecule has 3 heterocycles. The number of hydrogen-bond acceptors (Lipinski definition) is 6. The van der Waals surface area contributed by atoms with E-state index >= 15 is 0 Å². The predicted octanol–water partition coefficient (Wildman–Crippen LogP) is 2.46. The molecule has 0 bridgehead atoms. The summed E-state index contributed by atoms with van der Waals surface area (Å²) in [4.78, 5) is 37.5. The number of aryl methyl sites for hydroxylation is 1. The summed E-state index contributed by atoms with van der Waals surface area (Å²) in [5.74, 6) is -0.0330. The number of amides is 1. The van der Waals surface area contributed by atoms with E-state index in [4.69, 9.17) is 4.98 Å². The van der Waals surface area contributed by atoms with Gasteiger partial charge in [-0.05, 0) is 36.6 Å². The van der Waals surface area contributed by atoms with Gasteiger partial charge in [0.25, 0.3) is 11.5 Å². The fraction of sp³-hybridized carbons (Fsp3) is 0.348. The Kier molecular flexibility index (Phi) is 5.98. The first-order valence-electron chi connectivity index (χ1n) is 10.5. The second-order valence-corrected chi connectivity index (χ2v) is 8.14. The normalized spacial score (nSPS) is 16.1. The van der Waals surface area contributed by atoms with Crippen LogP contribution in [-0.4, -0.2) is 57.7 Å². The van der Waals surface area contributed by atoms with Crippen molar-refractivity contribution in [3.63, 3.8) is 0 Å². The zero-order chi connectivity index (χ0) is 22.8. The molecule has 1 saturated heterocycles. The highest BCUT2D eigenvalue weighted by Crippen LogP contribution is 2.34. The Bertz CT molecular complexity index is 1210. The van der Waals surface area contributed by atoms with Gasteiger partial charge in [0.15, 0.2) is 0 Å². The molecule has 32 heavy (non-hydrogen) atoms. The highest BCUT2D eigenvalue weighted by molar-refractivity contribution is 5.92. The molecule has 1 aliphatic heterocycles. The van der Waals surface area contributed by atoms with Gasteiger partial charge in [0.1, 0.15) is 11.5 Å². The fourth-order valence-corrected chi connectivity index (χ4v) is 3.95. The number of rotatable bonds is 4. The standard InChI is InChI=1S/C23H25FN6O2/c1-28(2)23-25-13-18(15-6-4-8-17(24)12-15)21(26-23)16-7-5-11-30(14-16)22(32)19-9-10-20(31)29(3)27-19/h4,6,8-10,12-13,16H,5,7,11,14H2,1-3H3/t16-/m0/s1. The quantitative estimate of drug-likeness (QED) is 0.625. The summed E-state index contributed by atoms with van der Waals surface area (Å²) in [5.41, 5.74) is 2.22. The smallest absolute Gasteiger partial charge is 0.274 e. The summed E-state index contributed by atoms with van der Waals surface area (Å²) in [6, 6.07) is 9.17. The Morgan fingerprint density at radius 1 is 1.22 bits per heavy atom. The average molecular weight is 436 g/mol. The van der Waals surface area contributed by atoms with E-state index in [1.807, 2.05) is 25.1 Å². The Balaban J connectivity index is 1.68. The molecule has 1 aromatic carbocycles. The molecule has 8 nitrogen and oxygen atoms in total. The molecule has 1 atom stereocenters. The maximum atomic E-state index is 13.9. The van der Waals surface area contributed by atoms with Crippen molar-refractivity contribution in [1.82, 2.24) is 24.6 Å². The zero-order valence-corrected chi connectivity index (χ0v) is 18.3. The minimum Gasteiger partial charge on any atom is -0.347 e. The van der Waals surface area contributed by atoms with Gasteiger partial charge in [0.2, 0.25) is 5.95 Å². The van der Waals surface area contributed by atoms with Crippen molar-refractivity contribution in [2.45, 2.75) is 18.8 Å². The van der Waals surface area contributed by atoms with Gasteiger partial charge in [-0.2, -0.15) is 5.10 Å². The van der Waals surface area contributed by atoms with Gasteiger partial charge in [-0.1, -0.05) is 12.1 Å². The van der Waals surface area contributed by atoms with E-state index in [-0.39, 0.29) is 28.9 Å². The molecule has 2 aromatic heterocycles. The Morgan fingerprint density at radius 2 is 2.03 bits per heavy atom. The molecule has 166 valence electrons. The van der Waals surface area contributed by atoms with Gasteiger partial charge in [-0.15, -0.1) is 0 Å². The summed E-state index contributed by atoms with van der Waals surface area (Å²) >= 11 is 0. The number of nitrogens with zero attached hydrogens (tertiary/aromatic N) is 6. The molecule has 1 fully saturated rings. The van der Waals surface area contributed by atoms with Crippen molar-refractivity contribution in [3.05, 3.63) is 70.2 Å². The SMILES string of the molecule is CN(C)c1ncc(-c2cccc(F)c2)c([C@H]2CCCN(C(=O)c3ccc(=O)n(C)n3)C2)n1. The Hall–Kier alpha value is -3.62. The first kappa shape index (κ1) is 21.6. The predicted molar refractivity (Wildman–Crippen MR) is 119 cm³/mol. The minimum atomic E-state index is -0.327. The van der Waals surface area contributed by atoms with Crippen LogP contribution in [-0.2, 0) is 7.05 Å². The van der Waals surface area contributed by atoms with Crippen molar-refractivity contribution in [1.29, 1.82) is 0 Å². The summed E-state index contributed by atoms with van der Waals surface area (Å²) in [6.45, 7) is 1.05. The molecule has 3 aromatic rings. The Morgan fingerprint density at radius 3 is 2.75 bits per heavy atom. The number of piperidine rings is 1. The number of carbonyl (C=O) groups is 1. The molecule has 0 unspecified atom stereocenters. The highest BCUT2D eigenvalue weighted by Gasteiger charge is 2.29. The van der Waals surface area contributed by atoms with Gasteiger partial charge in [0.05, 0.1) is 5.69 Å². The molecule has 9 heteroatoms. The monoisotopic (exact) mass is 436 g/mol. The van der Waals surface area contributed by atoms with E-state index in [0.29, 0.717) is 24.6 Å². The molecule has 0 saturated carbocycles. The molecule has 0 aliphatic carbocycles. The Labute approximate surface area is 185 Å². The summed E-state index contributed by atoms with van der Waals surface area (Å²) in [6.07, 6.45) is 3.37. The lowest BCUT2D eigenvalue weighted by Gasteiger charge is -2.33. The van der Waals surface area contributed by atoms with Crippen LogP contribution < -0.4 is 10.5 Å². The number of halogens is 1. The topological polar surface area (TPSA) is 84.2 Å². The van der Waals surface area contributed by atoms with Crippen LogP contribution in [0.3, 0.4) is 0 Å². The minimum absolute atomic E-state index is 0.0415. The summed E-state index contributed by atoms with van der Waals surface area (Å²) in [5, 5.41) is 4.10. The van der Waals surface area contributed by atoms with E-state index in [2.05, 4.69) is 10.1 Å². The number of likely N-dealkylation sites (tertiary alicyclic amines) is 1. The van der Waals surface area contributed by atoms with Gasteiger partial charge >= 0.3 is 0 Å². The maximum absolute atomic E-state index is 13.9. The highest BCUT2D eigenvalue weighted by atomic mass is 19.1. The third kappa shape index (κ3) is 4.37.